The number of aryl methyl sites for hydroxylation is 1. The minimum absolute atomic E-state index is 0.685. The Bertz CT molecular complexity index is 320. The van der Waals surface area contributed by atoms with E-state index in [0.29, 0.717) is 5.25 Å². The van der Waals surface area contributed by atoms with Gasteiger partial charge in [0.05, 0.1) is 5.69 Å². The van der Waals surface area contributed by atoms with E-state index in [9.17, 15) is 0 Å². The number of thioether (sulfide) groups is 2. The van der Waals surface area contributed by atoms with Gasteiger partial charge in [-0.2, -0.15) is 28.6 Å². The van der Waals surface area contributed by atoms with E-state index >= 15 is 0 Å². The second-order valence-electron chi connectivity index (χ2n) is 3.56. The molecule has 4 nitrogen and oxygen atoms in total. The van der Waals surface area contributed by atoms with Crippen molar-refractivity contribution in [3.8, 4) is 0 Å². The Labute approximate surface area is 98.4 Å². The highest BCUT2D eigenvalue weighted by Gasteiger charge is 2.14. The smallest absolute Gasteiger partial charge is 0.171 e. The summed E-state index contributed by atoms with van der Waals surface area (Å²) in [5.41, 5.74) is 6.53. The van der Waals surface area contributed by atoms with Crippen LogP contribution in [0.4, 0.5) is 11.5 Å². The van der Waals surface area contributed by atoms with Gasteiger partial charge in [0.15, 0.2) is 5.82 Å². The van der Waals surface area contributed by atoms with Gasteiger partial charge in [-0.1, -0.05) is 0 Å². The Morgan fingerprint density at radius 1 is 1.67 bits per heavy atom. The lowest BCUT2D eigenvalue weighted by Gasteiger charge is -2.21. The SMILES string of the molecule is Cn1cc(N)c(NCC2CSCCS2)n1. The van der Waals surface area contributed by atoms with Crippen LogP contribution in [-0.4, -0.2) is 38.8 Å². The van der Waals surface area contributed by atoms with Crippen molar-refractivity contribution in [2.24, 2.45) is 7.05 Å². The molecule has 0 aliphatic carbocycles. The highest BCUT2D eigenvalue weighted by molar-refractivity contribution is 8.06. The van der Waals surface area contributed by atoms with E-state index < -0.39 is 0 Å². The molecule has 1 aromatic heterocycles. The topological polar surface area (TPSA) is 55.9 Å². The maximum Gasteiger partial charge on any atom is 0.171 e. The molecule has 0 radical (unpaired) electrons. The first kappa shape index (κ1) is 11.0. The average Bonchev–Trinajstić information content (AvgIpc) is 2.56. The summed E-state index contributed by atoms with van der Waals surface area (Å²) in [6.07, 6.45) is 1.82. The number of aromatic nitrogens is 2. The van der Waals surface area contributed by atoms with Crippen LogP contribution in [-0.2, 0) is 7.05 Å². The number of rotatable bonds is 3. The van der Waals surface area contributed by atoms with E-state index in [1.165, 1.54) is 17.3 Å². The van der Waals surface area contributed by atoms with E-state index in [0.717, 1.165) is 18.1 Å². The molecule has 0 amide bonds. The summed E-state index contributed by atoms with van der Waals surface area (Å²) in [6, 6.07) is 0. The van der Waals surface area contributed by atoms with E-state index in [4.69, 9.17) is 5.73 Å². The lowest BCUT2D eigenvalue weighted by Crippen LogP contribution is -2.23. The summed E-state index contributed by atoms with van der Waals surface area (Å²) in [5, 5.41) is 8.26. The van der Waals surface area contributed by atoms with Gasteiger partial charge in [-0.15, -0.1) is 0 Å². The maximum absolute atomic E-state index is 5.80. The molecule has 2 heterocycles. The number of nitrogens with two attached hydrogens (primary N) is 1. The third kappa shape index (κ3) is 2.98. The molecule has 0 bridgehead atoms. The van der Waals surface area contributed by atoms with Crippen molar-refractivity contribution < 1.29 is 0 Å². The summed E-state index contributed by atoms with van der Waals surface area (Å²) >= 11 is 4.07. The molecule has 3 N–H and O–H groups in total. The number of hydrogen-bond donors (Lipinski definition) is 2. The van der Waals surface area contributed by atoms with Crippen LogP contribution in [0.1, 0.15) is 0 Å². The van der Waals surface area contributed by atoms with Crippen LogP contribution in [0.2, 0.25) is 0 Å². The van der Waals surface area contributed by atoms with Gasteiger partial charge in [-0.3, -0.25) is 4.68 Å². The second-order valence-corrected chi connectivity index (χ2v) is 6.11. The van der Waals surface area contributed by atoms with Gasteiger partial charge in [0.1, 0.15) is 0 Å². The third-order valence-corrected chi connectivity index (χ3v) is 5.08. The van der Waals surface area contributed by atoms with Gasteiger partial charge in [0, 0.05) is 42.3 Å². The van der Waals surface area contributed by atoms with Crippen molar-refractivity contribution in [3.63, 3.8) is 0 Å². The van der Waals surface area contributed by atoms with Gasteiger partial charge in [0.25, 0.3) is 0 Å². The molecule has 2 rings (SSSR count). The van der Waals surface area contributed by atoms with Gasteiger partial charge in [0.2, 0.25) is 0 Å². The Balaban J connectivity index is 1.84. The summed E-state index contributed by atoms with van der Waals surface area (Å²) < 4.78 is 1.74. The summed E-state index contributed by atoms with van der Waals surface area (Å²) in [6.45, 7) is 0.957. The summed E-state index contributed by atoms with van der Waals surface area (Å²) in [4.78, 5) is 0. The minimum Gasteiger partial charge on any atom is -0.394 e. The predicted molar refractivity (Wildman–Crippen MR) is 69.7 cm³/mol. The highest BCUT2D eigenvalue weighted by atomic mass is 32.2. The van der Waals surface area contributed by atoms with Crippen LogP contribution in [0, 0.1) is 0 Å². The fourth-order valence-electron chi connectivity index (χ4n) is 1.51. The molecule has 0 aromatic carbocycles. The number of nitrogens with zero attached hydrogens (tertiary/aromatic N) is 2. The molecular weight excluding hydrogens is 228 g/mol. The zero-order valence-electron chi connectivity index (χ0n) is 8.77. The largest absolute Gasteiger partial charge is 0.394 e. The predicted octanol–water partition coefficient (Wildman–Crippen LogP) is 1.26. The zero-order valence-corrected chi connectivity index (χ0v) is 10.4. The van der Waals surface area contributed by atoms with Crippen molar-refractivity contribution in [1.29, 1.82) is 0 Å². The molecular formula is C9H16N4S2. The van der Waals surface area contributed by atoms with Crippen molar-refractivity contribution in [2.45, 2.75) is 5.25 Å². The first-order valence-electron chi connectivity index (χ1n) is 4.98. The highest BCUT2D eigenvalue weighted by Crippen LogP contribution is 2.24. The van der Waals surface area contributed by atoms with E-state index in [1.54, 1.807) is 4.68 Å². The summed E-state index contributed by atoms with van der Waals surface area (Å²) in [7, 11) is 1.88. The van der Waals surface area contributed by atoms with Crippen LogP contribution < -0.4 is 11.1 Å². The normalized spacial score (nSPS) is 21.5. The quantitative estimate of drug-likeness (QED) is 0.838. The van der Waals surface area contributed by atoms with Crippen LogP contribution in [0.25, 0.3) is 0 Å². The molecule has 0 spiro atoms. The molecule has 1 aliphatic rings. The Hall–Kier alpha value is -0.490. The maximum atomic E-state index is 5.80. The second kappa shape index (κ2) is 5.03. The Morgan fingerprint density at radius 2 is 2.53 bits per heavy atom. The van der Waals surface area contributed by atoms with Crippen LogP contribution in [0.15, 0.2) is 6.20 Å². The molecule has 1 atom stereocenters. The van der Waals surface area contributed by atoms with Gasteiger partial charge in [-0.25, -0.2) is 0 Å². The van der Waals surface area contributed by atoms with E-state index in [-0.39, 0.29) is 0 Å². The standard InChI is InChI=1S/C9H16N4S2/c1-13-5-8(10)9(12-13)11-4-7-6-14-2-3-15-7/h5,7H,2-4,6,10H2,1H3,(H,11,12). The molecule has 1 aliphatic heterocycles. The van der Waals surface area contributed by atoms with E-state index in [1.807, 2.05) is 36.8 Å². The summed E-state index contributed by atoms with van der Waals surface area (Å²) in [5.74, 6) is 4.58. The Kier molecular flexibility index (Phi) is 3.69. The van der Waals surface area contributed by atoms with Gasteiger partial charge < -0.3 is 11.1 Å². The van der Waals surface area contributed by atoms with Gasteiger partial charge in [-0.05, 0) is 0 Å². The number of nitrogen functional groups attached to an aromatic ring is 1. The molecule has 1 saturated heterocycles. The first-order valence-corrected chi connectivity index (χ1v) is 7.18. The molecule has 6 heteroatoms. The molecule has 0 saturated carbocycles. The molecule has 1 fully saturated rings. The fraction of sp³-hybridized carbons (Fsp3) is 0.667. The lowest BCUT2D eigenvalue weighted by atomic mass is 10.4. The molecule has 1 aromatic rings. The van der Waals surface area contributed by atoms with Crippen molar-refractivity contribution in [2.75, 3.05) is 34.9 Å². The molecule has 15 heavy (non-hydrogen) atoms. The van der Waals surface area contributed by atoms with Crippen LogP contribution in [0.3, 0.4) is 0 Å². The lowest BCUT2D eigenvalue weighted by molar-refractivity contribution is 0.768. The van der Waals surface area contributed by atoms with Gasteiger partial charge >= 0.3 is 0 Å². The number of hydrogen-bond acceptors (Lipinski definition) is 5. The zero-order chi connectivity index (χ0) is 10.7. The van der Waals surface area contributed by atoms with Crippen molar-refractivity contribution in [3.05, 3.63) is 6.20 Å². The first-order chi connectivity index (χ1) is 7.25. The number of nitrogens with one attached hydrogen (secondary N) is 1. The van der Waals surface area contributed by atoms with E-state index in [2.05, 4.69) is 10.4 Å². The van der Waals surface area contributed by atoms with Crippen molar-refractivity contribution >= 4 is 35.0 Å². The minimum atomic E-state index is 0.685. The molecule has 1 unspecified atom stereocenters. The Morgan fingerprint density at radius 3 is 3.13 bits per heavy atom. The third-order valence-electron chi connectivity index (χ3n) is 2.24. The molecule has 84 valence electrons. The van der Waals surface area contributed by atoms with Crippen LogP contribution in [0.5, 0.6) is 0 Å². The van der Waals surface area contributed by atoms with Crippen molar-refractivity contribution in [1.82, 2.24) is 9.78 Å². The van der Waals surface area contributed by atoms with Crippen LogP contribution >= 0.6 is 23.5 Å². The number of anilines is 2. The fourth-order valence-corrected chi connectivity index (χ4v) is 4.12. The monoisotopic (exact) mass is 244 g/mol. The average molecular weight is 244 g/mol.